The number of hydrogen-bond donors (Lipinski definition) is 0. The van der Waals surface area contributed by atoms with Crippen molar-refractivity contribution >= 4 is 42.5 Å². The first kappa shape index (κ1) is 20.0. The number of hydrogen-bond acceptors (Lipinski definition) is 6. The molecule has 0 spiro atoms. The van der Waals surface area contributed by atoms with Crippen LogP contribution in [0.25, 0.3) is 10.9 Å². The standard InChI is InChI=1S/C18H18BrN5O4S/c19-15-2-1-3-17(11-15)29(27,28)22-8-6-21(7-9-22)13-23-18-5-4-16(24(25)26)10-14(18)12-20-23/h1-5,10-12H,6-9,13H2. The molecule has 3 aromatic rings. The fourth-order valence-corrected chi connectivity index (χ4v) is 5.40. The van der Waals surface area contributed by atoms with Crippen LogP contribution in [0.4, 0.5) is 5.69 Å². The van der Waals surface area contributed by atoms with Gasteiger partial charge < -0.3 is 0 Å². The van der Waals surface area contributed by atoms with Gasteiger partial charge in [-0.3, -0.25) is 19.7 Å². The van der Waals surface area contributed by atoms with Gasteiger partial charge in [-0.15, -0.1) is 0 Å². The van der Waals surface area contributed by atoms with E-state index in [9.17, 15) is 18.5 Å². The lowest BCUT2D eigenvalue weighted by Crippen LogP contribution is -2.48. The average Bonchev–Trinajstić information content (AvgIpc) is 3.10. The van der Waals surface area contributed by atoms with Gasteiger partial charge in [-0.05, 0) is 24.3 Å². The van der Waals surface area contributed by atoms with E-state index in [1.807, 2.05) is 0 Å². The summed E-state index contributed by atoms with van der Waals surface area (Å²) in [5.41, 5.74) is 0.836. The molecule has 9 nitrogen and oxygen atoms in total. The quantitative estimate of drug-likeness (QED) is 0.411. The maximum absolute atomic E-state index is 12.8. The van der Waals surface area contributed by atoms with Crippen molar-refractivity contribution in [2.75, 3.05) is 26.2 Å². The van der Waals surface area contributed by atoms with Gasteiger partial charge in [-0.25, -0.2) is 8.42 Å². The van der Waals surface area contributed by atoms with Crippen LogP contribution in [0.15, 0.2) is 58.0 Å². The zero-order valence-corrected chi connectivity index (χ0v) is 17.7. The lowest BCUT2D eigenvalue weighted by atomic mass is 10.2. The summed E-state index contributed by atoms with van der Waals surface area (Å²) in [5, 5.41) is 15.9. The van der Waals surface area contributed by atoms with E-state index in [1.165, 1.54) is 16.4 Å². The number of fused-ring (bicyclic) bond motifs is 1. The Balaban J connectivity index is 1.44. The summed E-state index contributed by atoms with van der Waals surface area (Å²) in [6.45, 7) is 2.41. The zero-order chi connectivity index (χ0) is 20.6. The largest absolute Gasteiger partial charge is 0.282 e. The van der Waals surface area contributed by atoms with Gasteiger partial charge in [0.05, 0.1) is 28.2 Å². The number of piperazine rings is 1. The van der Waals surface area contributed by atoms with E-state index in [1.54, 1.807) is 41.2 Å². The number of nitro groups is 1. The highest BCUT2D eigenvalue weighted by Gasteiger charge is 2.28. The molecule has 2 aromatic carbocycles. The van der Waals surface area contributed by atoms with Gasteiger partial charge in [0.15, 0.2) is 0 Å². The number of rotatable bonds is 5. The van der Waals surface area contributed by atoms with Gasteiger partial charge >= 0.3 is 0 Å². The number of nitrogens with zero attached hydrogens (tertiary/aromatic N) is 5. The fraction of sp³-hybridized carbons (Fsp3) is 0.278. The van der Waals surface area contributed by atoms with Gasteiger partial charge in [-0.1, -0.05) is 22.0 Å². The lowest BCUT2D eigenvalue weighted by Gasteiger charge is -2.33. The molecule has 1 aliphatic heterocycles. The summed E-state index contributed by atoms with van der Waals surface area (Å²) in [5.74, 6) is 0. The second kappa shape index (κ2) is 7.82. The molecule has 0 bridgehead atoms. The van der Waals surface area contributed by atoms with Crippen LogP contribution in [0, 0.1) is 10.1 Å². The second-order valence-electron chi connectivity index (χ2n) is 6.77. The molecule has 1 saturated heterocycles. The molecule has 2 heterocycles. The molecule has 0 radical (unpaired) electrons. The average molecular weight is 480 g/mol. The molecule has 0 amide bonds. The summed E-state index contributed by atoms with van der Waals surface area (Å²) in [4.78, 5) is 12.9. The van der Waals surface area contributed by atoms with Crippen LogP contribution in [-0.2, 0) is 16.7 Å². The molecule has 0 aliphatic carbocycles. The minimum Gasteiger partial charge on any atom is -0.282 e. The van der Waals surface area contributed by atoms with Crippen LogP contribution in [0.5, 0.6) is 0 Å². The molecule has 152 valence electrons. The predicted octanol–water partition coefficient (Wildman–Crippen LogP) is 2.67. The Morgan fingerprint density at radius 2 is 1.86 bits per heavy atom. The van der Waals surface area contributed by atoms with Crippen molar-refractivity contribution in [2.45, 2.75) is 11.6 Å². The topological polar surface area (TPSA) is 102 Å². The molecule has 1 aliphatic rings. The van der Waals surface area contributed by atoms with Crippen molar-refractivity contribution in [3.63, 3.8) is 0 Å². The van der Waals surface area contributed by atoms with E-state index in [4.69, 9.17) is 0 Å². The summed E-state index contributed by atoms with van der Waals surface area (Å²) in [6.07, 6.45) is 1.61. The summed E-state index contributed by atoms with van der Waals surface area (Å²) < 4.78 is 29.7. The van der Waals surface area contributed by atoms with Crippen molar-refractivity contribution < 1.29 is 13.3 Å². The Morgan fingerprint density at radius 3 is 2.55 bits per heavy atom. The molecule has 0 atom stereocenters. The smallest absolute Gasteiger partial charge is 0.270 e. The first-order chi connectivity index (χ1) is 13.8. The minimum atomic E-state index is -3.53. The number of aromatic nitrogens is 2. The highest BCUT2D eigenvalue weighted by molar-refractivity contribution is 9.10. The number of halogens is 1. The number of sulfonamides is 1. The third-order valence-corrected chi connectivity index (χ3v) is 7.32. The number of benzene rings is 2. The zero-order valence-electron chi connectivity index (χ0n) is 15.3. The highest BCUT2D eigenvalue weighted by atomic mass is 79.9. The van der Waals surface area contributed by atoms with Crippen molar-refractivity contribution in [3.8, 4) is 0 Å². The third-order valence-electron chi connectivity index (χ3n) is 4.94. The van der Waals surface area contributed by atoms with Gasteiger partial charge in [0.25, 0.3) is 5.69 Å². The first-order valence-electron chi connectivity index (χ1n) is 8.93. The van der Waals surface area contributed by atoms with Crippen LogP contribution in [0.2, 0.25) is 0 Å². The van der Waals surface area contributed by atoms with Crippen molar-refractivity contribution in [2.24, 2.45) is 0 Å². The molecule has 0 N–H and O–H groups in total. The molecule has 4 rings (SSSR count). The fourth-order valence-electron chi connectivity index (χ4n) is 3.38. The molecule has 29 heavy (non-hydrogen) atoms. The third kappa shape index (κ3) is 4.04. The van der Waals surface area contributed by atoms with E-state index in [2.05, 4.69) is 25.9 Å². The Kier molecular flexibility index (Phi) is 5.38. The minimum absolute atomic E-state index is 0.0309. The number of nitro benzene ring substituents is 1. The van der Waals surface area contributed by atoms with Gasteiger partial charge in [0.2, 0.25) is 10.0 Å². The summed E-state index contributed by atoms with van der Waals surface area (Å²) in [7, 11) is -3.53. The Hall–Kier alpha value is -2.34. The molecule has 11 heteroatoms. The van der Waals surface area contributed by atoms with Crippen LogP contribution < -0.4 is 0 Å². The van der Waals surface area contributed by atoms with Crippen molar-refractivity contribution in [1.29, 1.82) is 0 Å². The lowest BCUT2D eigenvalue weighted by molar-refractivity contribution is -0.384. The summed E-state index contributed by atoms with van der Waals surface area (Å²) in [6, 6.07) is 11.4. The summed E-state index contributed by atoms with van der Waals surface area (Å²) >= 11 is 3.32. The van der Waals surface area contributed by atoms with E-state index >= 15 is 0 Å². The van der Waals surface area contributed by atoms with E-state index < -0.39 is 14.9 Å². The normalized spacial score (nSPS) is 16.3. The van der Waals surface area contributed by atoms with E-state index in [-0.39, 0.29) is 10.6 Å². The highest BCUT2D eigenvalue weighted by Crippen LogP contribution is 2.23. The maximum atomic E-state index is 12.8. The molecular weight excluding hydrogens is 462 g/mol. The van der Waals surface area contributed by atoms with Crippen LogP contribution in [-0.4, -0.2) is 58.5 Å². The Morgan fingerprint density at radius 1 is 1.10 bits per heavy atom. The first-order valence-corrected chi connectivity index (χ1v) is 11.2. The van der Waals surface area contributed by atoms with Gasteiger partial charge in [-0.2, -0.15) is 9.40 Å². The number of non-ortho nitro benzene ring substituents is 1. The van der Waals surface area contributed by atoms with Crippen LogP contribution in [0.1, 0.15) is 0 Å². The maximum Gasteiger partial charge on any atom is 0.270 e. The molecule has 1 aromatic heterocycles. The SMILES string of the molecule is O=[N+]([O-])c1ccc2c(cnn2CN2CCN(S(=O)(=O)c3cccc(Br)c3)CC2)c1. The van der Waals surface area contributed by atoms with Crippen LogP contribution >= 0.6 is 15.9 Å². The predicted molar refractivity (Wildman–Crippen MR) is 111 cm³/mol. The Labute approximate surface area is 175 Å². The van der Waals surface area contributed by atoms with Crippen molar-refractivity contribution in [1.82, 2.24) is 19.0 Å². The van der Waals surface area contributed by atoms with E-state index in [0.717, 1.165) is 9.99 Å². The van der Waals surface area contributed by atoms with Crippen LogP contribution in [0.3, 0.4) is 0 Å². The Bertz CT molecular complexity index is 1170. The molecule has 1 fully saturated rings. The van der Waals surface area contributed by atoms with Gasteiger partial charge in [0, 0.05) is 48.2 Å². The van der Waals surface area contributed by atoms with Crippen molar-refractivity contribution in [3.05, 3.63) is 63.2 Å². The molecular formula is C18H18BrN5O4S. The monoisotopic (exact) mass is 479 g/mol. The molecule has 0 unspecified atom stereocenters. The second-order valence-corrected chi connectivity index (χ2v) is 9.62. The van der Waals surface area contributed by atoms with Gasteiger partial charge in [0.1, 0.15) is 0 Å². The molecule has 0 saturated carbocycles. The van der Waals surface area contributed by atoms with E-state index in [0.29, 0.717) is 38.2 Å².